The number of rotatable bonds is 5. The molecule has 1 aliphatic rings. The van der Waals surface area contributed by atoms with Gasteiger partial charge in [-0.1, -0.05) is 30.3 Å². The highest BCUT2D eigenvalue weighted by atomic mass is 32.1. The van der Waals surface area contributed by atoms with Gasteiger partial charge in [0, 0.05) is 25.7 Å². The van der Waals surface area contributed by atoms with Crippen LogP contribution in [0.1, 0.15) is 24.8 Å². The van der Waals surface area contributed by atoms with Gasteiger partial charge in [0.2, 0.25) is 11.8 Å². The van der Waals surface area contributed by atoms with E-state index in [0.717, 1.165) is 24.5 Å². The van der Waals surface area contributed by atoms with Gasteiger partial charge in [0.15, 0.2) is 5.11 Å². The lowest BCUT2D eigenvalue weighted by atomic mass is 10.1. The molecule has 25 heavy (non-hydrogen) atoms. The van der Waals surface area contributed by atoms with Crippen LogP contribution >= 0.6 is 12.2 Å². The molecule has 0 bridgehead atoms. The number of aromatic nitrogens is 2. The van der Waals surface area contributed by atoms with Crippen molar-refractivity contribution in [3.05, 3.63) is 42.0 Å². The van der Waals surface area contributed by atoms with Crippen LogP contribution in [-0.2, 0) is 6.54 Å². The van der Waals surface area contributed by atoms with Gasteiger partial charge in [0.1, 0.15) is 5.82 Å². The Morgan fingerprint density at radius 3 is 2.64 bits per heavy atom. The monoisotopic (exact) mass is 357 g/mol. The summed E-state index contributed by atoms with van der Waals surface area (Å²) in [5.74, 6) is 1.86. The summed E-state index contributed by atoms with van der Waals surface area (Å²) in [7, 11) is 1.61. The van der Waals surface area contributed by atoms with Crippen molar-refractivity contribution in [1.82, 2.24) is 15.3 Å². The molecule has 7 heteroatoms. The number of ether oxygens (including phenoxy) is 1. The minimum atomic E-state index is 0.450. The van der Waals surface area contributed by atoms with Gasteiger partial charge in [-0.2, -0.15) is 9.97 Å². The standard InChI is InChI=1S/C18H23N5OS/c1-24-16-12-15(23-10-6-3-7-11-23)20-17(21-16)22-18(25)19-13-14-8-4-2-5-9-14/h2,4-5,8-9,12H,3,6-7,10-11,13H2,1H3,(H2,19,20,21,22,25). The van der Waals surface area contributed by atoms with E-state index in [1.807, 2.05) is 36.4 Å². The molecule has 3 rings (SSSR count). The fourth-order valence-corrected chi connectivity index (χ4v) is 2.95. The third-order valence-electron chi connectivity index (χ3n) is 4.10. The highest BCUT2D eigenvalue weighted by molar-refractivity contribution is 7.80. The molecule has 0 unspecified atom stereocenters. The van der Waals surface area contributed by atoms with Gasteiger partial charge in [-0.05, 0) is 37.0 Å². The van der Waals surface area contributed by atoms with Crippen LogP contribution in [0.25, 0.3) is 0 Å². The van der Waals surface area contributed by atoms with E-state index in [1.165, 1.54) is 19.3 Å². The molecule has 0 spiro atoms. The molecule has 6 nitrogen and oxygen atoms in total. The number of benzene rings is 1. The number of hydrogen-bond acceptors (Lipinski definition) is 5. The van der Waals surface area contributed by atoms with Crippen LogP contribution in [0.2, 0.25) is 0 Å². The Bertz CT molecular complexity index is 704. The molecular formula is C18H23N5OS. The maximum atomic E-state index is 5.36. The molecular weight excluding hydrogens is 334 g/mol. The Labute approximate surface area is 153 Å². The zero-order chi connectivity index (χ0) is 17.5. The van der Waals surface area contributed by atoms with Gasteiger partial charge >= 0.3 is 0 Å². The second kappa shape index (κ2) is 8.62. The second-order valence-corrected chi connectivity index (χ2v) is 6.34. The third-order valence-corrected chi connectivity index (χ3v) is 4.35. The predicted octanol–water partition coefficient (Wildman–Crippen LogP) is 2.96. The largest absolute Gasteiger partial charge is 0.481 e. The lowest BCUT2D eigenvalue weighted by Gasteiger charge is -2.28. The van der Waals surface area contributed by atoms with Crippen molar-refractivity contribution in [2.24, 2.45) is 0 Å². The molecule has 0 radical (unpaired) electrons. The van der Waals surface area contributed by atoms with Crippen molar-refractivity contribution < 1.29 is 4.74 Å². The molecule has 0 amide bonds. The van der Waals surface area contributed by atoms with E-state index in [2.05, 4.69) is 25.5 Å². The van der Waals surface area contributed by atoms with E-state index in [9.17, 15) is 0 Å². The van der Waals surface area contributed by atoms with Crippen LogP contribution < -0.4 is 20.3 Å². The van der Waals surface area contributed by atoms with Crippen LogP contribution in [0.5, 0.6) is 5.88 Å². The van der Waals surface area contributed by atoms with Gasteiger partial charge < -0.3 is 20.3 Å². The zero-order valence-corrected chi connectivity index (χ0v) is 15.2. The second-order valence-electron chi connectivity index (χ2n) is 5.93. The Hall–Kier alpha value is -2.41. The maximum absolute atomic E-state index is 5.36. The molecule has 2 heterocycles. The first-order valence-electron chi connectivity index (χ1n) is 8.51. The topological polar surface area (TPSA) is 62.3 Å². The minimum absolute atomic E-state index is 0.450. The van der Waals surface area contributed by atoms with Crippen LogP contribution in [0.15, 0.2) is 36.4 Å². The van der Waals surface area contributed by atoms with Crippen LogP contribution in [-0.4, -0.2) is 35.3 Å². The summed E-state index contributed by atoms with van der Waals surface area (Å²) in [5.41, 5.74) is 1.16. The van der Waals surface area contributed by atoms with Gasteiger partial charge in [-0.25, -0.2) is 0 Å². The van der Waals surface area contributed by atoms with E-state index >= 15 is 0 Å². The van der Waals surface area contributed by atoms with Crippen molar-refractivity contribution in [3.8, 4) is 5.88 Å². The average Bonchev–Trinajstić information content (AvgIpc) is 2.67. The molecule has 0 atom stereocenters. The summed E-state index contributed by atoms with van der Waals surface area (Å²) >= 11 is 5.36. The number of thiocarbonyl (C=S) groups is 1. The zero-order valence-electron chi connectivity index (χ0n) is 14.4. The first kappa shape index (κ1) is 17.4. The Morgan fingerprint density at radius 1 is 1.16 bits per heavy atom. The van der Waals surface area contributed by atoms with Crippen molar-refractivity contribution in [3.63, 3.8) is 0 Å². The molecule has 1 aromatic carbocycles. The summed E-state index contributed by atoms with van der Waals surface area (Å²) in [6, 6.07) is 12.0. The number of hydrogen-bond donors (Lipinski definition) is 2. The lowest BCUT2D eigenvalue weighted by Crippen LogP contribution is -2.31. The molecule has 1 saturated heterocycles. The summed E-state index contributed by atoms with van der Waals surface area (Å²) in [4.78, 5) is 11.2. The fourth-order valence-electron chi connectivity index (χ4n) is 2.78. The number of piperidine rings is 1. The van der Waals surface area contributed by atoms with Gasteiger partial charge in [0.25, 0.3) is 0 Å². The molecule has 1 fully saturated rings. The van der Waals surface area contributed by atoms with Gasteiger partial charge in [-0.15, -0.1) is 0 Å². The van der Waals surface area contributed by atoms with E-state index in [-0.39, 0.29) is 0 Å². The number of methoxy groups -OCH3 is 1. The highest BCUT2D eigenvalue weighted by Gasteiger charge is 2.15. The smallest absolute Gasteiger partial charge is 0.234 e. The van der Waals surface area contributed by atoms with E-state index in [4.69, 9.17) is 17.0 Å². The van der Waals surface area contributed by atoms with Crippen molar-refractivity contribution in [2.45, 2.75) is 25.8 Å². The van der Waals surface area contributed by atoms with Crippen molar-refractivity contribution in [1.29, 1.82) is 0 Å². The molecule has 2 N–H and O–H groups in total. The normalized spacial score (nSPS) is 14.0. The molecule has 0 aliphatic carbocycles. The molecule has 0 saturated carbocycles. The van der Waals surface area contributed by atoms with E-state index < -0.39 is 0 Å². The van der Waals surface area contributed by atoms with Gasteiger partial charge in [-0.3, -0.25) is 0 Å². The van der Waals surface area contributed by atoms with Crippen LogP contribution in [0.3, 0.4) is 0 Å². The average molecular weight is 357 g/mol. The van der Waals surface area contributed by atoms with Crippen LogP contribution in [0.4, 0.5) is 11.8 Å². The molecule has 1 aliphatic heterocycles. The molecule has 1 aromatic heterocycles. The Morgan fingerprint density at radius 2 is 1.92 bits per heavy atom. The molecule has 132 valence electrons. The highest BCUT2D eigenvalue weighted by Crippen LogP contribution is 2.22. The van der Waals surface area contributed by atoms with Crippen molar-refractivity contribution in [2.75, 3.05) is 30.4 Å². The SMILES string of the molecule is COc1cc(N2CCCCC2)nc(NC(=S)NCc2ccccc2)n1. The molecule has 2 aromatic rings. The first-order valence-corrected chi connectivity index (χ1v) is 8.92. The van der Waals surface area contributed by atoms with Crippen LogP contribution in [0, 0.1) is 0 Å². The predicted molar refractivity (Wildman–Crippen MR) is 104 cm³/mol. The maximum Gasteiger partial charge on any atom is 0.234 e. The lowest BCUT2D eigenvalue weighted by molar-refractivity contribution is 0.397. The fraction of sp³-hybridized carbons (Fsp3) is 0.389. The summed E-state index contributed by atoms with van der Waals surface area (Å²) in [6.07, 6.45) is 3.65. The van der Waals surface area contributed by atoms with Crippen molar-refractivity contribution >= 4 is 29.1 Å². The summed E-state index contributed by atoms with van der Waals surface area (Å²) in [6.45, 7) is 2.67. The van der Waals surface area contributed by atoms with Gasteiger partial charge in [0.05, 0.1) is 7.11 Å². The minimum Gasteiger partial charge on any atom is -0.481 e. The third kappa shape index (κ3) is 5.03. The number of nitrogens with zero attached hydrogens (tertiary/aromatic N) is 3. The number of anilines is 2. The van der Waals surface area contributed by atoms with E-state index in [0.29, 0.717) is 23.5 Å². The summed E-state index contributed by atoms with van der Waals surface area (Å²) in [5, 5.41) is 6.72. The first-order chi connectivity index (χ1) is 12.2. The van der Waals surface area contributed by atoms with E-state index in [1.54, 1.807) is 7.11 Å². The Kier molecular flexibility index (Phi) is 6.00. The Balaban J connectivity index is 1.65. The number of nitrogens with one attached hydrogen (secondary N) is 2. The quantitative estimate of drug-likeness (QED) is 0.798. The summed E-state index contributed by atoms with van der Waals surface area (Å²) < 4.78 is 5.32.